The van der Waals surface area contributed by atoms with E-state index in [0.717, 1.165) is 11.9 Å². The van der Waals surface area contributed by atoms with Crippen molar-refractivity contribution >= 4 is 29.1 Å². The highest BCUT2D eigenvalue weighted by molar-refractivity contribution is 6.30. The Morgan fingerprint density at radius 1 is 1.10 bits per heavy atom. The average molecular weight is 454 g/mol. The van der Waals surface area contributed by atoms with E-state index >= 15 is 0 Å². The summed E-state index contributed by atoms with van der Waals surface area (Å²) in [6.07, 6.45) is -4.95. The van der Waals surface area contributed by atoms with E-state index in [9.17, 15) is 22.8 Å². The Balaban J connectivity index is 2.36. The van der Waals surface area contributed by atoms with Crippen molar-refractivity contribution in [1.82, 2.24) is 10.0 Å². The standard InChI is InChI=1S/C21H19ClF3N3O3/c1-12(29)28-19(20(26)30)17(21(23,24)25)18(27(28)11-31-2)16-6-4-3-5-15(16)13-7-9-14(22)10-8-13/h3-10,19H,11H2,1-2H3,(H2,26,30). The number of carbonyl (C=O) groups is 2. The number of nitrogens with two attached hydrogens (primary N) is 1. The summed E-state index contributed by atoms with van der Waals surface area (Å²) in [4.78, 5) is 24.4. The van der Waals surface area contributed by atoms with Gasteiger partial charge in [0, 0.05) is 24.6 Å². The van der Waals surface area contributed by atoms with Gasteiger partial charge >= 0.3 is 6.18 Å². The highest BCUT2D eigenvalue weighted by atomic mass is 35.5. The van der Waals surface area contributed by atoms with Crippen LogP contribution in [0.15, 0.2) is 54.1 Å². The minimum absolute atomic E-state index is 0.157. The third-order valence-corrected chi connectivity index (χ3v) is 5.03. The Labute approximate surface area is 181 Å². The molecule has 0 radical (unpaired) electrons. The van der Waals surface area contributed by atoms with Crippen LogP contribution < -0.4 is 5.73 Å². The second kappa shape index (κ2) is 8.60. The minimum Gasteiger partial charge on any atom is -0.368 e. The third-order valence-electron chi connectivity index (χ3n) is 4.78. The van der Waals surface area contributed by atoms with E-state index in [1.165, 1.54) is 13.2 Å². The molecule has 1 aliphatic rings. The summed E-state index contributed by atoms with van der Waals surface area (Å²) in [5.41, 5.74) is 4.93. The van der Waals surface area contributed by atoms with Crippen molar-refractivity contribution in [3.05, 3.63) is 64.7 Å². The second-order valence-corrected chi connectivity index (χ2v) is 7.23. The molecule has 0 aromatic heterocycles. The van der Waals surface area contributed by atoms with Crippen LogP contribution >= 0.6 is 11.6 Å². The first-order valence-corrected chi connectivity index (χ1v) is 9.48. The smallest absolute Gasteiger partial charge is 0.368 e. The molecule has 31 heavy (non-hydrogen) atoms. The van der Waals surface area contributed by atoms with Crippen LogP contribution in [0.25, 0.3) is 16.8 Å². The van der Waals surface area contributed by atoms with Gasteiger partial charge in [-0.25, -0.2) is 5.01 Å². The van der Waals surface area contributed by atoms with Crippen LogP contribution in [0.1, 0.15) is 12.5 Å². The van der Waals surface area contributed by atoms with Gasteiger partial charge in [0.2, 0.25) is 11.8 Å². The number of benzene rings is 2. The second-order valence-electron chi connectivity index (χ2n) is 6.80. The monoisotopic (exact) mass is 453 g/mol. The molecular weight excluding hydrogens is 435 g/mol. The molecule has 2 aromatic rings. The van der Waals surface area contributed by atoms with E-state index in [-0.39, 0.29) is 11.3 Å². The lowest BCUT2D eigenvalue weighted by Crippen LogP contribution is -2.52. The maximum atomic E-state index is 14.3. The molecule has 2 aromatic carbocycles. The molecule has 1 heterocycles. The van der Waals surface area contributed by atoms with Crippen molar-refractivity contribution in [1.29, 1.82) is 0 Å². The highest BCUT2D eigenvalue weighted by Crippen LogP contribution is 2.46. The van der Waals surface area contributed by atoms with Crippen LogP contribution in [0, 0.1) is 0 Å². The van der Waals surface area contributed by atoms with Crippen LogP contribution in [0.4, 0.5) is 13.2 Å². The van der Waals surface area contributed by atoms with E-state index in [0.29, 0.717) is 21.2 Å². The number of carbonyl (C=O) groups excluding carboxylic acids is 2. The zero-order valence-electron chi connectivity index (χ0n) is 16.6. The van der Waals surface area contributed by atoms with Crippen molar-refractivity contribution in [3.63, 3.8) is 0 Å². The van der Waals surface area contributed by atoms with Gasteiger partial charge in [-0.05, 0) is 23.3 Å². The van der Waals surface area contributed by atoms with Gasteiger partial charge in [0.15, 0.2) is 6.04 Å². The lowest BCUT2D eigenvalue weighted by atomic mass is 9.93. The molecule has 6 nitrogen and oxygen atoms in total. The van der Waals surface area contributed by atoms with E-state index < -0.39 is 36.3 Å². The highest BCUT2D eigenvalue weighted by Gasteiger charge is 2.54. The zero-order chi connectivity index (χ0) is 22.9. The summed E-state index contributed by atoms with van der Waals surface area (Å²) in [5, 5.41) is 2.15. The van der Waals surface area contributed by atoms with Gasteiger partial charge in [0.1, 0.15) is 6.73 Å². The molecule has 0 spiro atoms. The Kier molecular flexibility index (Phi) is 6.28. The summed E-state index contributed by atoms with van der Waals surface area (Å²) in [6.45, 7) is 0.647. The van der Waals surface area contributed by atoms with E-state index in [2.05, 4.69) is 0 Å². The number of halogens is 4. The van der Waals surface area contributed by atoms with Gasteiger partial charge in [-0.1, -0.05) is 48.0 Å². The van der Waals surface area contributed by atoms with Crippen LogP contribution in [0.2, 0.25) is 5.02 Å². The third kappa shape index (κ3) is 4.24. The van der Waals surface area contributed by atoms with Gasteiger partial charge in [0.05, 0.1) is 11.3 Å². The van der Waals surface area contributed by atoms with Gasteiger partial charge < -0.3 is 10.5 Å². The molecule has 1 unspecified atom stereocenters. The summed E-state index contributed by atoms with van der Waals surface area (Å²) < 4.78 is 47.8. The number of alkyl halides is 3. The molecule has 0 fully saturated rings. The Morgan fingerprint density at radius 3 is 2.16 bits per heavy atom. The van der Waals surface area contributed by atoms with Gasteiger partial charge in [-0.3, -0.25) is 14.6 Å². The van der Waals surface area contributed by atoms with Crippen LogP contribution in [0.3, 0.4) is 0 Å². The summed E-state index contributed by atoms with van der Waals surface area (Å²) in [7, 11) is 1.27. The van der Waals surface area contributed by atoms with Crippen molar-refractivity contribution < 1.29 is 27.5 Å². The van der Waals surface area contributed by atoms with Crippen molar-refractivity contribution in [2.45, 2.75) is 19.1 Å². The molecular formula is C21H19ClF3N3O3. The van der Waals surface area contributed by atoms with Crippen LogP contribution in [0.5, 0.6) is 0 Å². The SMILES string of the molecule is COCN1C(c2ccccc2-c2ccc(Cl)cc2)=C(C(F)(F)F)C(C(N)=O)N1C(C)=O. The summed E-state index contributed by atoms with van der Waals surface area (Å²) in [6, 6.07) is 10.9. The Hall–Kier alpha value is -3.04. The van der Waals surface area contributed by atoms with Gasteiger partial charge in [0.25, 0.3) is 0 Å². The molecule has 0 saturated carbocycles. The van der Waals surface area contributed by atoms with E-state index in [4.69, 9.17) is 22.1 Å². The van der Waals surface area contributed by atoms with Crippen LogP contribution in [-0.2, 0) is 14.3 Å². The molecule has 1 aliphatic heterocycles. The number of hydrogen-bond donors (Lipinski definition) is 1. The largest absolute Gasteiger partial charge is 0.417 e. The van der Waals surface area contributed by atoms with Crippen molar-refractivity contribution in [2.75, 3.05) is 13.8 Å². The first-order chi connectivity index (χ1) is 14.6. The fourth-order valence-electron chi connectivity index (χ4n) is 3.65. The maximum absolute atomic E-state index is 14.3. The number of methoxy groups -OCH3 is 1. The fourth-order valence-corrected chi connectivity index (χ4v) is 3.77. The first kappa shape index (κ1) is 22.6. The number of ether oxygens (including phenoxy) is 1. The number of amides is 2. The van der Waals surface area contributed by atoms with Crippen molar-refractivity contribution in [3.8, 4) is 11.1 Å². The molecule has 164 valence electrons. The Morgan fingerprint density at radius 2 is 1.68 bits per heavy atom. The maximum Gasteiger partial charge on any atom is 0.417 e. The molecule has 3 rings (SSSR count). The minimum atomic E-state index is -4.95. The number of hydrogen-bond acceptors (Lipinski definition) is 4. The van der Waals surface area contributed by atoms with E-state index in [1.807, 2.05) is 0 Å². The molecule has 0 bridgehead atoms. The van der Waals surface area contributed by atoms with Gasteiger partial charge in [-0.15, -0.1) is 0 Å². The fraction of sp³-hybridized carbons (Fsp3) is 0.238. The molecule has 2 N–H and O–H groups in total. The average Bonchev–Trinajstić information content (AvgIpc) is 3.05. The lowest BCUT2D eigenvalue weighted by Gasteiger charge is -2.33. The summed E-state index contributed by atoms with van der Waals surface area (Å²) in [5.74, 6) is -2.09. The predicted molar refractivity (Wildman–Crippen MR) is 109 cm³/mol. The molecule has 10 heteroatoms. The molecule has 0 aliphatic carbocycles. The predicted octanol–water partition coefficient (Wildman–Crippen LogP) is 3.82. The number of rotatable bonds is 5. The molecule has 0 saturated heterocycles. The molecule has 2 amide bonds. The van der Waals surface area contributed by atoms with Crippen LogP contribution in [-0.4, -0.2) is 47.9 Å². The normalized spacial score (nSPS) is 16.8. The lowest BCUT2D eigenvalue weighted by molar-refractivity contribution is -0.156. The Bertz CT molecular complexity index is 1040. The van der Waals surface area contributed by atoms with Gasteiger partial charge in [-0.2, -0.15) is 13.2 Å². The topological polar surface area (TPSA) is 75.9 Å². The number of primary amides is 1. The van der Waals surface area contributed by atoms with Crippen molar-refractivity contribution in [2.24, 2.45) is 5.73 Å². The quantitative estimate of drug-likeness (QED) is 0.746. The number of nitrogens with zero attached hydrogens (tertiary/aromatic N) is 2. The summed E-state index contributed by atoms with van der Waals surface area (Å²) >= 11 is 5.94. The number of hydrazine groups is 1. The van der Waals surface area contributed by atoms with E-state index in [1.54, 1.807) is 42.5 Å². The first-order valence-electron chi connectivity index (χ1n) is 9.10. The molecule has 1 atom stereocenters. The zero-order valence-corrected chi connectivity index (χ0v) is 17.4.